The van der Waals surface area contributed by atoms with Crippen LogP contribution in [0.5, 0.6) is 0 Å². The van der Waals surface area contributed by atoms with Gasteiger partial charge in [-0.25, -0.2) is 4.79 Å². The Morgan fingerprint density at radius 1 is 1.56 bits per heavy atom. The van der Waals surface area contributed by atoms with Gasteiger partial charge in [0.1, 0.15) is 6.07 Å². The van der Waals surface area contributed by atoms with Crippen molar-refractivity contribution in [3.05, 3.63) is 29.0 Å². The Morgan fingerprint density at radius 2 is 2.28 bits per heavy atom. The van der Waals surface area contributed by atoms with Gasteiger partial charge < -0.3 is 4.74 Å². The topological polar surface area (TPSA) is 67.9 Å². The second-order valence-electron chi connectivity index (χ2n) is 3.92. The molecular formula is C13H13N3O2. The van der Waals surface area contributed by atoms with E-state index in [9.17, 15) is 10.1 Å². The molecule has 1 aromatic carbocycles. The van der Waals surface area contributed by atoms with Gasteiger partial charge in [-0.1, -0.05) is 0 Å². The van der Waals surface area contributed by atoms with Gasteiger partial charge in [0.15, 0.2) is 0 Å². The number of benzene rings is 1. The monoisotopic (exact) mass is 243 g/mol. The summed E-state index contributed by atoms with van der Waals surface area (Å²) >= 11 is 0. The number of ether oxygens (including phenoxy) is 1. The Hall–Kier alpha value is -2.35. The van der Waals surface area contributed by atoms with E-state index in [-0.39, 0.29) is 6.61 Å². The highest BCUT2D eigenvalue weighted by atomic mass is 16.5. The van der Waals surface area contributed by atoms with E-state index in [4.69, 9.17) is 4.74 Å². The van der Waals surface area contributed by atoms with Gasteiger partial charge in [0.25, 0.3) is 0 Å². The second kappa shape index (κ2) is 4.49. The molecule has 0 saturated carbocycles. The molecule has 1 heterocycles. The van der Waals surface area contributed by atoms with Crippen LogP contribution in [0.15, 0.2) is 12.1 Å². The van der Waals surface area contributed by atoms with Crippen LogP contribution in [0.2, 0.25) is 0 Å². The summed E-state index contributed by atoms with van der Waals surface area (Å²) in [6, 6.07) is 5.47. The predicted octanol–water partition coefficient (Wildman–Crippen LogP) is 1.93. The molecule has 0 bridgehead atoms. The van der Waals surface area contributed by atoms with E-state index in [1.807, 2.05) is 6.92 Å². The average Bonchev–Trinajstić information content (AvgIpc) is 2.64. The number of hydrogen-bond donors (Lipinski definition) is 0. The molecule has 5 heteroatoms. The van der Waals surface area contributed by atoms with Crippen molar-refractivity contribution in [3.63, 3.8) is 0 Å². The van der Waals surface area contributed by atoms with Crippen molar-refractivity contribution < 1.29 is 9.53 Å². The number of carbonyl (C=O) groups excluding carboxylic acids is 1. The summed E-state index contributed by atoms with van der Waals surface area (Å²) < 4.78 is 6.64. The summed E-state index contributed by atoms with van der Waals surface area (Å²) in [5.41, 5.74) is 2.19. The van der Waals surface area contributed by atoms with Crippen LogP contribution in [0.3, 0.4) is 0 Å². The van der Waals surface area contributed by atoms with E-state index >= 15 is 0 Å². The Bertz CT molecular complexity index is 665. The lowest BCUT2D eigenvalue weighted by Gasteiger charge is -2.05. The van der Waals surface area contributed by atoms with E-state index in [0.717, 1.165) is 11.2 Å². The highest BCUT2D eigenvalue weighted by molar-refractivity contribution is 6.00. The summed E-state index contributed by atoms with van der Waals surface area (Å²) in [4.78, 5) is 11.8. The average molecular weight is 243 g/mol. The number of rotatable bonds is 2. The van der Waals surface area contributed by atoms with Crippen LogP contribution in [0.1, 0.15) is 28.5 Å². The smallest absolute Gasteiger partial charge is 0.339 e. The molecule has 0 fully saturated rings. The number of esters is 1. The highest BCUT2D eigenvalue weighted by Crippen LogP contribution is 2.25. The first-order chi connectivity index (χ1) is 8.60. The first kappa shape index (κ1) is 12.1. The van der Waals surface area contributed by atoms with Gasteiger partial charge in [-0.15, -0.1) is 0 Å². The fourth-order valence-corrected chi connectivity index (χ4v) is 2.05. The molecule has 0 unspecified atom stereocenters. The standard InChI is InChI=1S/C13H13N3O2/c1-4-18-13(17)9-5-6-11-12(10(9)7-14)8(2)15-16(11)3/h5-6H,4H2,1-3H3. The first-order valence-corrected chi connectivity index (χ1v) is 5.63. The molecule has 18 heavy (non-hydrogen) atoms. The van der Waals surface area contributed by atoms with Crippen molar-refractivity contribution in [2.45, 2.75) is 13.8 Å². The van der Waals surface area contributed by atoms with Crippen LogP contribution >= 0.6 is 0 Å². The zero-order valence-corrected chi connectivity index (χ0v) is 10.5. The molecule has 0 amide bonds. The maximum atomic E-state index is 11.8. The SMILES string of the molecule is CCOC(=O)c1ccc2c(c(C)nn2C)c1C#N. The van der Waals surface area contributed by atoms with Crippen LogP contribution in [-0.4, -0.2) is 22.4 Å². The van der Waals surface area contributed by atoms with Crippen LogP contribution < -0.4 is 0 Å². The van der Waals surface area contributed by atoms with Gasteiger partial charge >= 0.3 is 5.97 Å². The zero-order chi connectivity index (χ0) is 13.3. The van der Waals surface area contributed by atoms with Crippen molar-refractivity contribution in [2.24, 2.45) is 7.05 Å². The minimum atomic E-state index is -0.473. The molecule has 0 radical (unpaired) electrons. The minimum absolute atomic E-state index is 0.285. The van der Waals surface area contributed by atoms with Crippen molar-refractivity contribution in [1.82, 2.24) is 9.78 Å². The second-order valence-corrected chi connectivity index (χ2v) is 3.92. The number of carbonyl (C=O) groups is 1. The summed E-state index contributed by atoms with van der Waals surface area (Å²) in [7, 11) is 1.81. The number of fused-ring (bicyclic) bond motifs is 1. The van der Waals surface area contributed by atoms with E-state index in [2.05, 4.69) is 11.2 Å². The van der Waals surface area contributed by atoms with E-state index in [0.29, 0.717) is 16.5 Å². The number of aryl methyl sites for hydroxylation is 2. The predicted molar refractivity (Wildman–Crippen MR) is 66.1 cm³/mol. The number of nitrogens with zero attached hydrogens (tertiary/aromatic N) is 3. The van der Waals surface area contributed by atoms with Crippen molar-refractivity contribution in [2.75, 3.05) is 6.61 Å². The lowest BCUT2D eigenvalue weighted by Crippen LogP contribution is -2.07. The Kier molecular flexibility index (Phi) is 3.02. The summed E-state index contributed by atoms with van der Waals surface area (Å²) in [6.45, 7) is 3.84. The molecule has 0 aliphatic carbocycles. The van der Waals surface area contributed by atoms with Crippen LogP contribution in [-0.2, 0) is 11.8 Å². The van der Waals surface area contributed by atoms with E-state index in [1.54, 1.807) is 30.8 Å². The third-order valence-corrected chi connectivity index (χ3v) is 2.80. The van der Waals surface area contributed by atoms with Gasteiger partial charge in [-0.2, -0.15) is 10.4 Å². The van der Waals surface area contributed by atoms with Crippen molar-refractivity contribution >= 4 is 16.9 Å². The van der Waals surface area contributed by atoms with Gasteiger partial charge in [0.05, 0.1) is 28.9 Å². The maximum absolute atomic E-state index is 11.8. The van der Waals surface area contributed by atoms with Crippen LogP contribution in [0.4, 0.5) is 0 Å². The maximum Gasteiger partial charge on any atom is 0.339 e. The Labute approximate surface area is 105 Å². The normalized spacial score (nSPS) is 10.3. The summed E-state index contributed by atoms with van der Waals surface area (Å²) in [6.07, 6.45) is 0. The molecule has 1 aromatic heterocycles. The largest absolute Gasteiger partial charge is 0.462 e. The van der Waals surface area contributed by atoms with Crippen molar-refractivity contribution in [1.29, 1.82) is 5.26 Å². The minimum Gasteiger partial charge on any atom is -0.462 e. The molecule has 0 aliphatic rings. The molecule has 2 aromatic rings. The molecule has 0 N–H and O–H groups in total. The fraction of sp³-hybridized carbons (Fsp3) is 0.308. The van der Waals surface area contributed by atoms with Gasteiger partial charge in [0.2, 0.25) is 0 Å². The molecule has 0 aliphatic heterocycles. The number of aromatic nitrogens is 2. The fourth-order valence-electron chi connectivity index (χ4n) is 2.05. The molecule has 0 spiro atoms. The quantitative estimate of drug-likeness (QED) is 0.756. The van der Waals surface area contributed by atoms with Crippen molar-refractivity contribution in [3.8, 4) is 6.07 Å². The lowest BCUT2D eigenvalue weighted by atomic mass is 10.0. The molecule has 0 saturated heterocycles. The van der Waals surface area contributed by atoms with Gasteiger partial charge in [0, 0.05) is 12.4 Å². The first-order valence-electron chi connectivity index (χ1n) is 5.63. The molecule has 92 valence electrons. The zero-order valence-electron chi connectivity index (χ0n) is 10.5. The van der Waals surface area contributed by atoms with Gasteiger partial charge in [-0.3, -0.25) is 4.68 Å². The van der Waals surface area contributed by atoms with Crippen LogP contribution in [0, 0.1) is 18.3 Å². The van der Waals surface area contributed by atoms with Crippen LogP contribution in [0.25, 0.3) is 10.9 Å². The van der Waals surface area contributed by atoms with E-state index < -0.39 is 5.97 Å². The Morgan fingerprint density at radius 3 is 2.89 bits per heavy atom. The van der Waals surface area contributed by atoms with Gasteiger partial charge in [-0.05, 0) is 26.0 Å². The highest BCUT2D eigenvalue weighted by Gasteiger charge is 2.18. The molecule has 0 atom stereocenters. The number of hydrogen-bond acceptors (Lipinski definition) is 4. The molecular weight excluding hydrogens is 230 g/mol. The lowest BCUT2D eigenvalue weighted by molar-refractivity contribution is 0.0526. The summed E-state index contributed by atoms with van der Waals surface area (Å²) in [5, 5.41) is 14.2. The third-order valence-electron chi connectivity index (χ3n) is 2.80. The Balaban J connectivity index is 2.75. The van der Waals surface area contributed by atoms with E-state index in [1.165, 1.54) is 0 Å². The molecule has 2 rings (SSSR count). The molecule has 5 nitrogen and oxygen atoms in total. The summed E-state index contributed by atoms with van der Waals surface area (Å²) in [5.74, 6) is -0.473. The third kappa shape index (κ3) is 1.72. The number of nitriles is 1.